The molecule has 100 valence electrons. The molecule has 0 aromatic heterocycles. The number of amides is 1. The summed E-state index contributed by atoms with van der Waals surface area (Å²) in [4.78, 5) is 13.5. The molecule has 1 rings (SSSR count). The van der Waals surface area contributed by atoms with Gasteiger partial charge in [0.1, 0.15) is 0 Å². The van der Waals surface area contributed by atoms with Crippen molar-refractivity contribution in [2.45, 2.75) is 19.8 Å². The van der Waals surface area contributed by atoms with Gasteiger partial charge in [0.25, 0.3) is 0 Å². The molecule has 1 aromatic carbocycles. The number of hydrogen-bond acceptors (Lipinski definition) is 2. The van der Waals surface area contributed by atoms with Crippen LogP contribution in [0.15, 0.2) is 18.2 Å². The Kier molecular flexibility index (Phi) is 6.30. The third-order valence-electron chi connectivity index (χ3n) is 2.65. The molecule has 1 amide bonds. The molecule has 0 bridgehead atoms. The first-order valence-corrected chi connectivity index (χ1v) is 6.73. The predicted octanol–water partition coefficient (Wildman–Crippen LogP) is 3.66. The van der Waals surface area contributed by atoms with Gasteiger partial charge in [-0.25, -0.2) is 0 Å². The van der Waals surface area contributed by atoms with Crippen molar-refractivity contribution in [1.29, 1.82) is 0 Å². The highest BCUT2D eigenvalue weighted by Crippen LogP contribution is 2.29. The minimum Gasteiger partial charge on any atom is -0.375 e. The van der Waals surface area contributed by atoms with Crippen LogP contribution in [0.3, 0.4) is 0 Å². The zero-order valence-corrected chi connectivity index (χ0v) is 12.2. The van der Waals surface area contributed by atoms with E-state index in [0.29, 0.717) is 15.7 Å². The maximum Gasteiger partial charge on any atom is 0.241 e. The normalized spacial score (nSPS) is 10.2. The number of carbonyl (C=O) groups is 1. The number of benzene rings is 1. The Morgan fingerprint density at radius 3 is 2.78 bits per heavy atom. The molecule has 0 spiro atoms. The molecular formula is C13H18Cl2N2O. The second-order valence-electron chi connectivity index (χ2n) is 4.12. The lowest BCUT2D eigenvalue weighted by Crippen LogP contribution is -2.32. The monoisotopic (exact) mass is 288 g/mol. The van der Waals surface area contributed by atoms with Gasteiger partial charge in [-0.15, -0.1) is 0 Å². The van der Waals surface area contributed by atoms with Crippen LogP contribution in [0.1, 0.15) is 19.8 Å². The summed E-state index contributed by atoms with van der Waals surface area (Å²) in [5, 5.41) is 3.93. The molecule has 0 saturated carbocycles. The third-order valence-corrected chi connectivity index (χ3v) is 3.47. The Balaban J connectivity index is 2.49. The van der Waals surface area contributed by atoms with Crippen LogP contribution in [0.5, 0.6) is 0 Å². The van der Waals surface area contributed by atoms with Crippen LogP contribution in [-0.2, 0) is 4.79 Å². The van der Waals surface area contributed by atoms with Gasteiger partial charge in [-0.05, 0) is 18.6 Å². The molecule has 0 aliphatic rings. The van der Waals surface area contributed by atoms with Gasteiger partial charge in [0.05, 0.1) is 22.3 Å². The summed E-state index contributed by atoms with van der Waals surface area (Å²) < 4.78 is 0. The lowest BCUT2D eigenvalue weighted by atomic mass is 10.3. The molecule has 3 nitrogen and oxygen atoms in total. The van der Waals surface area contributed by atoms with Crippen molar-refractivity contribution < 1.29 is 4.79 Å². The number of anilines is 1. The smallest absolute Gasteiger partial charge is 0.241 e. The predicted molar refractivity (Wildman–Crippen MR) is 77.5 cm³/mol. The van der Waals surface area contributed by atoms with E-state index < -0.39 is 0 Å². The molecule has 0 radical (unpaired) electrons. The molecule has 5 heteroatoms. The van der Waals surface area contributed by atoms with Gasteiger partial charge in [-0.2, -0.15) is 0 Å². The fraction of sp³-hybridized carbons (Fsp3) is 0.462. The molecule has 0 aliphatic heterocycles. The number of unbranched alkanes of at least 4 members (excludes halogenated alkanes) is 1. The lowest BCUT2D eigenvalue weighted by Gasteiger charge is -2.17. The van der Waals surface area contributed by atoms with E-state index in [4.69, 9.17) is 23.2 Å². The lowest BCUT2D eigenvalue weighted by molar-refractivity contribution is -0.128. The van der Waals surface area contributed by atoms with E-state index in [9.17, 15) is 4.79 Å². The average molecular weight is 289 g/mol. The first-order chi connectivity index (χ1) is 8.56. The molecule has 0 aliphatic carbocycles. The van der Waals surface area contributed by atoms with Crippen molar-refractivity contribution in [3.63, 3.8) is 0 Å². The standard InChI is InChI=1S/C13H18Cl2N2O/c1-3-4-8-17(2)12(18)9-16-11-7-5-6-10(14)13(11)15/h5-7,16H,3-4,8-9H2,1-2H3. The Labute approximate surface area is 118 Å². The molecule has 0 fully saturated rings. The molecule has 1 aromatic rings. The summed E-state index contributed by atoms with van der Waals surface area (Å²) in [6.45, 7) is 3.10. The van der Waals surface area contributed by atoms with E-state index in [1.54, 1.807) is 30.1 Å². The molecule has 1 N–H and O–H groups in total. The summed E-state index contributed by atoms with van der Waals surface area (Å²) in [5.41, 5.74) is 0.682. The zero-order chi connectivity index (χ0) is 13.5. The molecular weight excluding hydrogens is 271 g/mol. The SMILES string of the molecule is CCCCN(C)C(=O)CNc1cccc(Cl)c1Cl. The molecule has 18 heavy (non-hydrogen) atoms. The molecule has 0 atom stereocenters. The second kappa shape index (κ2) is 7.49. The summed E-state index contributed by atoms with van der Waals surface area (Å²) in [5.74, 6) is 0.0412. The van der Waals surface area contributed by atoms with E-state index >= 15 is 0 Å². The highest BCUT2D eigenvalue weighted by atomic mass is 35.5. The molecule has 0 saturated heterocycles. The van der Waals surface area contributed by atoms with Crippen LogP contribution in [0.25, 0.3) is 0 Å². The van der Waals surface area contributed by atoms with Crippen LogP contribution in [0.4, 0.5) is 5.69 Å². The van der Waals surface area contributed by atoms with Crippen LogP contribution in [0.2, 0.25) is 10.0 Å². The number of carbonyl (C=O) groups excluding carboxylic acids is 1. The van der Waals surface area contributed by atoms with Crippen molar-refractivity contribution >= 4 is 34.8 Å². The van der Waals surface area contributed by atoms with Crippen molar-refractivity contribution in [3.05, 3.63) is 28.2 Å². The summed E-state index contributed by atoms with van der Waals surface area (Å²) in [7, 11) is 1.80. The van der Waals surface area contributed by atoms with Crippen LogP contribution in [-0.4, -0.2) is 30.9 Å². The number of nitrogens with zero attached hydrogens (tertiary/aromatic N) is 1. The zero-order valence-electron chi connectivity index (χ0n) is 10.7. The van der Waals surface area contributed by atoms with Gasteiger partial charge in [0, 0.05) is 13.6 Å². The van der Waals surface area contributed by atoms with Crippen LogP contribution in [0, 0.1) is 0 Å². The summed E-state index contributed by atoms with van der Waals surface area (Å²) >= 11 is 11.9. The largest absolute Gasteiger partial charge is 0.375 e. The Hall–Kier alpha value is -0.930. The first kappa shape index (κ1) is 15.1. The Morgan fingerprint density at radius 2 is 2.11 bits per heavy atom. The van der Waals surface area contributed by atoms with Crippen molar-refractivity contribution in [3.8, 4) is 0 Å². The van der Waals surface area contributed by atoms with Crippen LogP contribution < -0.4 is 5.32 Å². The Morgan fingerprint density at radius 1 is 1.39 bits per heavy atom. The number of hydrogen-bond donors (Lipinski definition) is 1. The van der Waals surface area contributed by atoms with E-state index in [-0.39, 0.29) is 12.5 Å². The average Bonchev–Trinajstić information content (AvgIpc) is 2.37. The number of likely N-dealkylation sites (N-methyl/N-ethyl adjacent to an activating group) is 1. The first-order valence-electron chi connectivity index (χ1n) is 5.98. The fourth-order valence-corrected chi connectivity index (χ4v) is 1.83. The number of rotatable bonds is 6. The minimum absolute atomic E-state index is 0.0412. The highest BCUT2D eigenvalue weighted by Gasteiger charge is 2.09. The maximum absolute atomic E-state index is 11.8. The van der Waals surface area contributed by atoms with Gasteiger partial charge in [-0.1, -0.05) is 42.6 Å². The van der Waals surface area contributed by atoms with Crippen molar-refractivity contribution in [2.75, 3.05) is 25.5 Å². The van der Waals surface area contributed by atoms with Crippen molar-refractivity contribution in [1.82, 2.24) is 4.90 Å². The Bertz CT molecular complexity index is 410. The van der Waals surface area contributed by atoms with Gasteiger partial charge >= 0.3 is 0 Å². The molecule has 0 unspecified atom stereocenters. The maximum atomic E-state index is 11.8. The molecule has 0 heterocycles. The van der Waals surface area contributed by atoms with Gasteiger partial charge in [-0.3, -0.25) is 4.79 Å². The summed E-state index contributed by atoms with van der Waals surface area (Å²) in [6, 6.07) is 5.31. The highest BCUT2D eigenvalue weighted by molar-refractivity contribution is 6.43. The van der Waals surface area contributed by atoms with E-state index in [1.807, 2.05) is 0 Å². The number of halogens is 2. The fourth-order valence-electron chi connectivity index (χ4n) is 1.47. The van der Waals surface area contributed by atoms with Gasteiger partial charge < -0.3 is 10.2 Å². The van der Waals surface area contributed by atoms with E-state index in [1.165, 1.54) is 0 Å². The van der Waals surface area contributed by atoms with Gasteiger partial charge in [0.2, 0.25) is 5.91 Å². The van der Waals surface area contributed by atoms with E-state index in [2.05, 4.69) is 12.2 Å². The topological polar surface area (TPSA) is 32.3 Å². The number of nitrogens with one attached hydrogen (secondary N) is 1. The quantitative estimate of drug-likeness (QED) is 0.866. The summed E-state index contributed by atoms with van der Waals surface area (Å²) in [6.07, 6.45) is 2.09. The van der Waals surface area contributed by atoms with Gasteiger partial charge in [0.15, 0.2) is 0 Å². The van der Waals surface area contributed by atoms with Crippen molar-refractivity contribution in [2.24, 2.45) is 0 Å². The minimum atomic E-state index is 0.0412. The van der Waals surface area contributed by atoms with E-state index in [0.717, 1.165) is 19.4 Å². The third kappa shape index (κ3) is 4.39. The van der Waals surface area contributed by atoms with Crippen LogP contribution >= 0.6 is 23.2 Å². The second-order valence-corrected chi connectivity index (χ2v) is 4.91.